The number of benzene rings is 1. The van der Waals surface area contributed by atoms with Gasteiger partial charge >= 0.3 is 5.97 Å². The molecular formula is C19H26O2. The molecule has 1 N–H and O–H groups in total. The zero-order valence-electron chi connectivity index (χ0n) is 13.1. The van der Waals surface area contributed by atoms with Crippen molar-refractivity contribution >= 4 is 12.0 Å². The minimum Gasteiger partial charge on any atom is -0.481 e. The van der Waals surface area contributed by atoms with Gasteiger partial charge in [0, 0.05) is 0 Å². The third-order valence-electron chi connectivity index (χ3n) is 5.00. The highest BCUT2D eigenvalue weighted by Gasteiger charge is 2.41. The Balaban J connectivity index is 2.00. The maximum atomic E-state index is 11.8. The van der Waals surface area contributed by atoms with E-state index in [1.54, 1.807) is 0 Å². The van der Waals surface area contributed by atoms with Crippen LogP contribution in [0.2, 0.25) is 0 Å². The predicted octanol–water partition coefficient (Wildman–Crippen LogP) is 5.01. The quantitative estimate of drug-likeness (QED) is 0.826. The molecule has 0 atom stereocenters. The Hall–Kier alpha value is -1.57. The molecule has 2 heteroatoms. The fourth-order valence-electron chi connectivity index (χ4n) is 3.35. The van der Waals surface area contributed by atoms with Crippen molar-refractivity contribution < 1.29 is 9.90 Å². The minimum absolute atomic E-state index is 0.545. The van der Waals surface area contributed by atoms with Crippen LogP contribution >= 0.6 is 0 Å². The molecule has 21 heavy (non-hydrogen) atoms. The van der Waals surface area contributed by atoms with Crippen molar-refractivity contribution in [2.75, 3.05) is 0 Å². The summed E-state index contributed by atoms with van der Waals surface area (Å²) < 4.78 is 0. The van der Waals surface area contributed by atoms with E-state index in [9.17, 15) is 9.90 Å². The number of carboxylic acid groups (broad SMARTS) is 1. The molecule has 0 radical (unpaired) electrons. The van der Waals surface area contributed by atoms with E-state index in [2.05, 4.69) is 13.8 Å². The number of carboxylic acids is 1. The summed E-state index contributed by atoms with van der Waals surface area (Å²) in [6.07, 6.45) is 8.43. The van der Waals surface area contributed by atoms with Gasteiger partial charge in [-0.15, -0.1) is 0 Å². The van der Waals surface area contributed by atoms with E-state index < -0.39 is 11.4 Å². The lowest BCUT2D eigenvalue weighted by molar-refractivity contribution is -0.151. The van der Waals surface area contributed by atoms with E-state index in [0.717, 1.165) is 31.2 Å². The van der Waals surface area contributed by atoms with Crippen LogP contribution in [0.25, 0.3) is 6.08 Å². The average Bonchev–Trinajstić information content (AvgIpc) is 2.48. The van der Waals surface area contributed by atoms with Gasteiger partial charge in [-0.25, -0.2) is 0 Å². The average molecular weight is 286 g/mol. The van der Waals surface area contributed by atoms with E-state index in [-0.39, 0.29) is 0 Å². The number of carbonyl (C=O) groups is 1. The van der Waals surface area contributed by atoms with Gasteiger partial charge in [0.25, 0.3) is 0 Å². The third-order valence-corrected chi connectivity index (χ3v) is 5.00. The number of hydrogen-bond donors (Lipinski definition) is 1. The third kappa shape index (κ3) is 3.96. The van der Waals surface area contributed by atoms with Crippen molar-refractivity contribution in [1.82, 2.24) is 0 Å². The molecule has 0 bridgehead atoms. The Morgan fingerprint density at radius 1 is 1.29 bits per heavy atom. The van der Waals surface area contributed by atoms with Crippen molar-refractivity contribution in [2.24, 2.45) is 17.3 Å². The van der Waals surface area contributed by atoms with Crippen LogP contribution in [0, 0.1) is 17.3 Å². The van der Waals surface area contributed by atoms with Crippen LogP contribution < -0.4 is 0 Å². The first-order valence-corrected chi connectivity index (χ1v) is 7.98. The minimum atomic E-state index is -0.623. The summed E-state index contributed by atoms with van der Waals surface area (Å²) >= 11 is 0. The molecule has 0 saturated heterocycles. The van der Waals surface area contributed by atoms with Crippen LogP contribution in [-0.2, 0) is 4.79 Å². The molecule has 1 aromatic carbocycles. The molecule has 1 saturated carbocycles. The van der Waals surface area contributed by atoms with Crippen LogP contribution in [0.1, 0.15) is 51.5 Å². The Bertz CT molecular complexity index is 480. The molecule has 0 aromatic heterocycles. The molecule has 0 amide bonds. The van der Waals surface area contributed by atoms with Gasteiger partial charge in [-0.1, -0.05) is 56.3 Å². The first-order chi connectivity index (χ1) is 10.0. The molecule has 1 fully saturated rings. The standard InChI is InChI=1S/C19H26O2/c1-15(2)17-10-13-19(14-11-17,18(20)21)12-6-9-16-7-4-3-5-8-16/h3-9,15,17H,10-14H2,1-2H3,(H,20,21). The van der Waals surface area contributed by atoms with Gasteiger partial charge in [0.05, 0.1) is 5.41 Å². The highest BCUT2D eigenvalue weighted by atomic mass is 16.4. The second kappa shape index (κ2) is 6.93. The van der Waals surface area contributed by atoms with Crippen LogP contribution in [0.4, 0.5) is 0 Å². The van der Waals surface area contributed by atoms with E-state index in [1.807, 2.05) is 42.5 Å². The van der Waals surface area contributed by atoms with Gasteiger partial charge in [-0.2, -0.15) is 0 Å². The van der Waals surface area contributed by atoms with E-state index >= 15 is 0 Å². The van der Waals surface area contributed by atoms with E-state index in [4.69, 9.17) is 0 Å². The summed E-state index contributed by atoms with van der Waals surface area (Å²) in [6.45, 7) is 4.49. The Labute approximate surface area is 127 Å². The monoisotopic (exact) mass is 286 g/mol. The first kappa shape index (κ1) is 15.8. The van der Waals surface area contributed by atoms with Crippen molar-refractivity contribution in [1.29, 1.82) is 0 Å². The van der Waals surface area contributed by atoms with Gasteiger partial charge in [-0.05, 0) is 49.5 Å². The number of rotatable bonds is 5. The lowest BCUT2D eigenvalue weighted by Gasteiger charge is -2.37. The molecule has 1 aromatic rings. The van der Waals surface area contributed by atoms with Gasteiger partial charge < -0.3 is 5.11 Å². The molecule has 2 nitrogen and oxygen atoms in total. The second-order valence-corrected chi connectivity index (χ2v) is 6.68. The summed E-state index contributed by atoms with van der Waals surface area (Å²) in [5, 5.41) is 9.68. The zero-order valence-corrected chi connectivity index (χ0v) is 13.1. The summed E-state index contributed by atoms with van der Waals surface area (Å²) in [4.78, 5) is 11.8. The number of allylic oxidation sites excluding steroid dienone is 1. The van der Waals surface area contributed by atoms with Crippen LogP contribution in [-0.4, -0.2) is 11.1 Å². The maximum absolute atomic E-state index is 11.8. The first-order valence-electron chi connectivity index (χ1n) is 7.98. The molecule has 0 unspecified atom stereocenters. The highest BCUT2D eigenvalue weighted by molar-refractivity contribution is 5.75. The van der Waals surface area contributed by atoms with E-state index in [1.165, 1.54) is 0 Å². The van der Waals surface area contributed by atoms with Crippen molar-refractivity contribution in [3.05, 3.63) is 42.0 Å². The molecular weight excluding hydrogens is 260 g/mol. The summed E-state index contributed by atoms with van der Waals surface area (Å²) in [6, 6.07) is 10.1. The maximum Gasteiger partial charge on any atom is 0.309 e. The largest absolute Gasteiger partial charge is 0.481 e. The van der Waals surface area contributed by atoms with Crippen molar-refractivity contribution in [3.63, 3.8) is 0 Å². The molecule has 1 aliphatic rings. The van der Waals surface area contributed by atoms with Crippen LogP contribution in [0.5, 0.6) is 0 Å². The lowest BCUT2D eigenvalue weighted by Crippen LogP contribution is -2.36. The Morgan fingerprint density at radius 3 is 2.43 bits per heavy atom. The molecule has 0 spiro atoms. The molecule has 0 heterocycles. The van der Waals surface area contributed by atoms with Gasteiger partial charge in [-0.3, -0.25) is 4.79 Å². The lowest BCUT2D eigenvalue weighted by atomic mass is 9.66. The highest BCUT2D eigenvalue weighted by Crippen LogP contribution is 2.44. The molecule has 2 rings (SSSR count). The smallest absolute Gasteiger partial charge is 0.309 e. The normalized spacial score (nSPS) is 26.3. The summed E-state index contributed by atoms with van der Waals surface area (Å²) in [5.41, 5.74) is 0.588. The summed E-state index contributed by atoms with van der Waals surface area (Å²) in [5.74, 6) is 0.731. The second-order valence-electron chi connectivity index (χ2n) is 6.68. The van der Waals surface area contributed by atoms with Crippen LogP contribution in [0.3, 0.4) is 0 Å². The van der Waals surface area contributed by atoms with Gasteiger partial charge in [0.1, 0.15) is 0 Å². The fraction of sp³-hybridized carbons (Fsp3) is 0.526. The topological polar surface area (TPSA) is 37.3 Å². The number of aliphatic carboxylic acids is 1. The molecule has 114 valence electrons. The Kier molecular flexibility index (Phi) is 5.22. The fourth-order valence-corrected chi connectivity index (χ4v) is 3.35. The predicted molar refractivity (Wildman–Crippen MR) is 87.0 cm³/mol. The number of hydrogen-bond acceptors (Lipinski definition) is 1. The van der Waals surface area contributed by atoms with E-state index in [0.29, 0.717) is 18.3 Å². The van der Waals surface area contributed by atoms with Crippen molar-refractivity contribution in [2.45, 2.75) is 46.0 Å². The molecule has 1 aliphatic carbocycles. The van der Waals surface area contributed by atoms with Gasteiger partial charge in [0.15, 0.2) is 0 Å². The van der Waals surface area contributed by atoms with Gasteiger partial charge in [0.2, 0.25) is 0 Å². The SMILES string of the molecule is CC(C)C1CCC(CC=Cc2ccccc2)(C(=O)O)CC1. The summed E-state index contributed by atoms with van der Waals surface area (Å²) in [7, 11) is 0. The van der Waals surface area contributed by atoms with Crippen LogP contribution in [0.15, 0.2) is 36.4 Å². The molecule has 0 aliphatic heterocycles. The zero-order chi connectivity index (χ0) is 15.3. The van der Waals surface area contributed by atoms with Crippen molar-refractivity contribution in [3.8, 4) is 0 Å². The Morgan fingerprint density at radius 2 is 1.90 bits per heavy atom.